The zero-order valence-electron chi connectivity index (χ0n) is 16.5. The van der Waals surface area contributed by atoms with Crippen molar-refractivity contribution in [1.29, 1.82) is 0 Å². The van der Waals surface area contributed by atoms with Crippen LogP contribution in [0.5, 0.6) is 0 Å². The second kappa shape index (κ2) is 6.90. The van der Waals surface area contributed by atoms with Gasteiger partial charge >= 0.3 is 0 Å². The zero-order chi connectivity index (χ0) is 20.9. The van der Waals surface area contributed by atoms with E-state index in [4.69, 9.17) is 0 Å². The van der Waals surface area contributed by atoms with E-state index in [0.29, 0.717) is 31.7 Å². The summed E-state index contributed by atoms with van der Waals surface area (Å²) in [6.45, 7) is 1.40. The van der Waals surface area contributed by atoms with Crippen LogP contribution in [0.25, 0.3) is 0 Å². The van der Waals surface area contributed by atoms with Gasteiger partial charge in [-0.3, -0.25) is 23.9 Å². The van der Waals surface area contributed by atoms with Crippen LogP contribution in [0.1, 0.15) is 28.9 Å². The minimum Gasteiger partial charge on any atom is -0.337 e. The van der Waals surface area contributed by atoms with Gasteiger partial charge in [-0.1, -0.05) is 0 Å². The van der Waals surface area contributed by atoms with Gasteiger partial charge in [0.25, 0.3) is 12.3 Å². The number of likely N-dealkylation sites (tertiary alicyclic amines) is 1. The Morgan fingerprint density at radius 2 is 1.93 bits per heavy atom. The zero-order valence-corrected chi connectivity index (χ0v) is 16.5. The average molecular weight is 407 g/mol. The van der Waals surface area contributed by atoms with Crippen molar-refractivity contribution in [2.24, 2.45) is 14.1 Å². The second-order valence-corrected chi connectivity index (χ2v) is 7.81. The third-order valence-corrected chi connectivity index (χ3v) is 5.85. The van der Waals surface area contributed by atoms with Crippen molar-refractivity contribution in [2.75, 3.05) is 38.1 Å². The highest BCUT2D eigenvalue weighted by atomic mass is 19.3. The molecule has 1 unspecified atom stereocenters. The Balaban J connectivity index is 1.57. The molecule has 2 fully saturated rings. The summed E-state index contributed by atoms with van der Waals surface area (Å²) < 4.78 is 29.4. The first-order valence-electron chi connectivity index (χ1n) is 9.31. The predicted octanol–water partition coefficient (Wildman–Crippen LogP) is 0.655. The third kappa shape index (κ3) is 3.28. The number of aromatic nitrogens is 4. The van der Waals surface area contributed by atoms with Crippen LogP contribution in [-0.4, -0.2) is 79.9 Å². The molecule has 0 aromatic carbocycles. The van der Waals surface area contributed by atoms with Crippen LogP contribution >= 0.6 is 0 Å². The van der Waals surface area contributed by atoms with Gasteiger partial charge in [0.1, 0.15) is 5.69 Å². The molecule has 1 atom stereocenters. The van der Waals surface area contributed by atoms with Gasteiger partial charge in [0.05, 0.1) is 29.5 Å². The lowest BCUT2D eigenvalue weighted by molar-refractivity contribution is -0.123. The highest BCUT2D eigenvalue weighted by Gasteiger charge is 2.49. The maximum absolute atomic E-state index is 13.3. The van der Waals surface area contributed by atoms with E-state index >= 15 is 0 Å². The molecule has 29 heavy (non-hydrogen) atoms. The van der Waals surface area contributed by atoms with E-state index in [2.05, 4.69) is 10.2 Å². The molecule has 2 aliphatic rings. The molecule has 2 aromatic rings. The summed E-state index contributed by atoms with van der Waals surface area (Å²) in [5.41, 5.74) is -0.296. The average Bonchev–Trinajstić information content (AvgIpc) is 3.37. The summed E-state index contributed by atoms with van der Waals surface area (Å²) in [5, 5.41) is 7.87. The molecule has 4 rings (SSSR count). The number of amides is 2. The van der Waals surface area contributed by atoms with Gasteiger partial charge in [-0.05, 0) is 13.5 Å². The number of alkyl halides is 2. The molecule has 2 amide bonds. The van der Waals surface area contributed by atoms with Gasteiger partial charge in [0.15, 0.2) is 0 Å². The number of hydrogen-bond acceptors (Lipinski definition) is 5. The Kier molecular flexibility index (Phi) is 4.64. The Labute approximate surface area is 166 Å². The first-order valence-corrected chi connectivity index (χ1v) is 9.31. The number of rotatable bonds is 3. The second-order valence-electron chi connectivity index (χ2n) is 7.81. The number of halogens is 2. The number of piperazine rings is 1. The lowest BCUT2D eigenvalue weighted by atomic mass is 9.93. The number of nitrogens with zero attached hydrogens (tertiary/aromatic N) is 7. The number of anilines is 1. The van der Waals surface area contributed by atoms with Crippen molar-refractivity contribution < 1.29 is 18.4 Å². The van der Waals surface area contributed by atoms with E-state index in [1.54, 1.807) is 33.9 Å². The predicted molar refractivity (Wildman–Crippen MR) is 99.6 cm³/mol. The van der Waals surface area contributed by atoms with E-state index in [9.17, 15) is 18.4 Å². The first kappa shape index (κ1) is 19.5. The van der Waals surface area contributed by atoms with Crippen LogP contribution in [0, 0.1) is 0 Å². The number of carbonyl (C=O) groups excluding carboxylic acids is 2. The molecule has 0 N–H and O–H groups in total. The molecule has 0 radical (unpaired) electrons. The van der Waals surface area contributed by atoms with Crippen molar-refractivity contribution >= 4 is 17.5 Å². The molecule has 9 nitrogen and oxygen atoms in total. The topological polar surface area (TPSA) is 79.5 Å². The first-order chi connectivity index (χ1) is 13.7. The molecule has 156 valence electrons. The Morgan fingerprint density at radius 3 is 2.59 bits per heavy atom. The van der Waals surface area contributed by atoms with E-state index in [1.807, 2.05) is 11.9 Å². The van der Waals surface area contributed by atoms with Crippen LogP contribution in [0.2, 0.25) is 0 Å². The maximum atomic E-state index is 13.3. The summed E-state index contributed by atoms with van der Waals surface area (Å²) in [5.74, 6) is -0.494. The normalized spacial score (nSPS) is 23.0. The fourth-order valence-corrected chi connectivity index (χ4v) is 4.21. The fourth-order valence-electron chi connectivity index (χ4n) is 4.21. The highest BCUT2D eigenvalue weighted by molar-refractivity contribution is 5.97. The summed E-state index contributed by atoms with van der Waals surface area (Å²) in [6, 6.07) is 0. The molecular formula is C18H23F2N7O2. The lowest BCUT2D eigenvalue weighted by Crippen LogP contribution is -2.64. The standard InChI is InChI=1S/C18H23F2N7O2/c1-23-9-14(28)27(12-6-21-24(2)7-12)11-18(23)4-5-26(10-18)17(29)13-8-25(3)22-15(13)16(19)20/h6-8,16H,4-5,9-11H2,1-3H3. The number of aryl methyl sites for hydroxylation is 2. The maximum Gasteiger partial charge on any atom is 0.282 e. The SMILES string of the molecule is CN1CC(=O)N(c2cnn(C)c2)CC12CCN(C(=O)c1cn(C)nc1C(F)F)C2. The molecule has 2 aliphatic heterocycles. The highest BCUT2D eigenvalue weighted by Crippen LogP contribution is 2.34. The van der Waals surface area contributed by atoms with Crippen molar-refractivity contribution in [3.05, 3.63) is 29.8 Å². The molecule has 0 bridgehead atoms. The fraction of sp³-hybridized carbons (Fsp3) is 0.556. The molecular weight excluding hydrogens is 384 g/mol. The van der Waals surface area contributed by atoms with E-state index < -0.39 is 23.6 Å². The molecule has 1 spiro atoms. The van der Waals surface area contributed by atoms with E-state index in [1.165, 1.54) is 17.9 Å². The van der Waals surface area contributed by atoms with Crippen molar-refractivity contribution in [3.8, 4) is 0 Å². The van der Waals surface area contributed by atoms with Crippen LogP contribution in [0.3, 0.4) is 0 Å². The summed E-state index contributed by atoms with van der Waals surface area (Å²) in [7, 11) is 5.16. The molecule has 2 aromatic heterocycles. The van der Waals surface area contributed by atoms with Crippen molar-refractivity contribution in [2.45, 2.75) is 18.4 Å². The van der Waals surface area contributed by atoms with Crippen LogP contribution in [0.4, 0.5) is 14.5 Å². The van der Waals surface area contributed by atoms with Crippen LogP contribution in [-0.2, 0) is 18.9 Å². The molecule has 11 heteroatoms. The quantitative estimate of drug-likeness (QED) is 0.747. The molecule has 0 saturated carbocycles. The van der Waals surface area contributed by atoms with E-state index in [0.717, 1.165) is 0 Å². The minimum atomic E-state index is -2.82. The van der Waals surface area contributed by atoms with Crippen LogP contribution < -0.4 is 4.90 Å². The Morgan fingerprint density at radius 1 is 1.17 bits per heavy atom. The van der Waals surface area contributed by atoms with E-state index in [-0.39, 0.29) is 18.0 Å². The summed E-state index contributed by atoms with van der Waals surface area (Å²) >= 11 is 0. The van der Waals surface area contributed by atoms with Gasteiger partial charge in [0.2, 0.25) is 5.91 Å². The number of carbonyl (C=O) groups is 2. The molecule has 2 saturated heterocycles. The minimum absolute atomic E-state index is 0.0388. The number of likely N-dealkylation sites (N-methyl/N-ethyl adjacent to an activating group) is 1. The van der Waals surface area contributed by atoms with Gasteiger partial charge in [-0.2, -0.15) is 10.2 Å². The smallest absolute Gasteiger partial charge is 0.282 e. The monoisotopic (exact) mass is 407 g/mol. The number of hydrogen-bond donors (Lipinski definition) is 0. The largest absolute Gasteiger partial charge is 0.337 e. The van der Waals surface area contributed by atoms with Crippen LogP contribution in [0.15, 0.2) is 18.6 Å². The third-order valence-electron chi connectivity index (χ3n) is 5.85. The van der Waals surface area contributed by atoms with Crippen molar-refractivity contribution in [3.63, 3.8) is 0 Å². The van der Waals surface area contributed by atoms with Gasteiger partial charge in [0, 0.05) is 46.1 Å². The van der Waals surface area contributed by atoms with Gasteiger partial charge in [-0.15, -0.1) is 0 Å². The Hall–Kier alpha value is -2.82. The van der Waals surface area contributed by atoms with Crippen molar-refractivity contribution in [1.82, 2.24) is 29.4 Å². The summed E-state index contributed by atoms with van der Waals surface area (Å²) in [4.78, 5) is 30.8. The summed E-state index contributed by atoms with van der Waals surface area (Å²) in [6.07, 6.45) is 2.58. The Bertz CT molecular complexity index is 956. The lowest BCUT2D eigenvalue weighted by Gasteiger charge is -2.46. The molecule has 4 heterocycles. The molecule has 0 aliphatic carbocycles. The van der Waals surface area contributed by atoms with Gasteiger partial charge in [-0.25, -0.2) is 8.78 Å². The van der Waals surface area contributed by atoms with Gasteiger partial charge < -0.3 is 9.80 Å².